The highest BCUT2D eigenvalue weighted by Crippen LogP contribution is 2.13. The topological polar surface area (TPSA) is 27.1 Å². The molecule has 0 saturated heterocycles. The first kappa shape index (κ1) is 12.0. The Morgan fingerprint density at radius 3 is 2.59 bits per heavy atom. The van der Waals surface area contributed by atoms with Gasteiger partial charge >= 0.3 is 0 Å². The molecule has 0 spiro atoms. The van der Waals surface area contributed by atoms with E-state index in [1.807, 2.05) is 43.7 Å². The molecule has 2 aromatic rings. The number of benzene rings is 1. The van der Waals surface area contributed by atoms with Crippen LogP contribution in [0.4, 0.5) is 0 Å². The molecule has 0 aliphatic heterocycles. The van der Waals surface area contributed by atoms with Crippen LogP contribution in [0, 0.1) is 0 Å². The lowest BCUT2D eigenvalue weighted by atomic mass is 10.2. The first-order chi connectivity index (χ1) is 8.28. The van der Waals surface area contributed by atoms with E-state index in [2.05, 4.69) is 5.10 Å². The highest BCUT2D eigenvalue weighted by molar-refractivity contribution is 6.17. The fourth-order valence-electron chi connectivity index (χ4n) is 1.56. The highest BCUT2D eigenvalue weighted by atomic mass is 35.5. The standard InChI is InChI=1S/C13H15ClN2O/c1-16-10-12(9-15-16)6-7-17-13-4-2-11(8-14)3-5-13/h2-5,9-10H,6-8H2,1H3. The van der Waals surface area contributed by atoms with E-state index in [0.29, 0.717) is 12.5 Å². The second kappa shape index (κ2) is 5.73. The van der Waals surface area contributed by atoms with Gasteiger partial charge in [-0.2, -0.15) is 5.10 Å². The number of nitrogens with zero attached hydrogens (tertiary/aromatic N) is 2. The lowest BCUT2D eigenvalue weighted by molar-refractivity contribution is 0.322. The van der Waals surface area contributed by atoms with Gasteiger partial charge in [-0.25, -0.2) is 0 Å². The Morgan fingerprint density at radius 1 is 1.24 bits per heavy atom. The van der Waals surface area contributed by atoms with E-state index in [1.54, 1.807) is 4.68 Å². The average molecular weight is 251 g/mol. The third-order valence-electron chi connectivity index (χ3n) is 2.50. The van der Waals surface area contributed by atoms with Gasteiger partial charge in [-0.1, -0.05) is 12.1 Å². The first-order valence-electron chi connectivity index (χ1n) is 5.53. The third-order valence-corrected chi connectivity index (χ3v) is 2.80. The summed E-state index contributed by atoms with van der Waals surface area (Å²) in [5.74, 6) is 1.42. The molecule has 90 valence electrons. The Kier molecular flexibility index (Phi) is 4.04. The Morgan fingerprint density at radius 2 is 2.00 bits per heavy atom. The van der Waals surface area contributed by atoms with Crippen LogP contribution in [-0.4, -0.2) is 16.4 Å². The second-order valence-electron chi connectivity index (χ2n) is 3.90. The molecule has 0 aliphatic rings. The summed E-state index contributed by atoms with van der Waals surface area (Å²) in [7, 11) is 1.91. The molecule has 0 unspecified atom stereocenters. The van der Waals surface area contributed by atoms with E-state index in [9.17, 15) is 0 Å². The van der Waals surface area contributed by atoms with Gasteiger partial charge < -0.3 is 4.74 Å². The predicted molar refractivity (Wildman–Crippen MR) is 68.4 cm³/mol. The van der Waals surface area contributed by atoms with E-state index in [4.69, 9.17) is 16.3 Å². The van der Waals surface area contributed by atoms with Crippen LogP contribution in [0.15, 0.2) is 36.7 Å². The SMILES string of the molecule is Cn1cc(CCOc2ccc(CCl)cc2)cn1. The van der Waals surface area contributed by atoms with Gasteiger partial charge in [0.15, 0.2) is 0 Å². The van der Waals surface area contributed by atoms with Crippen LogP contribution >= 0.6 is 11.6 Å². The number of rotatable bonds is 5. The number of hydrogen-bond donors (Lipinski definition) is 0. The Bertz CT molecular complexity index is 465. The van der Waals surface area contributed by atoms with Crippen molar-refractivity contribution < 1.29 is 4.74 Å². The average Bonchev–Trinajstić information content (AvgIpc) is 2.76. The molecule has 2 rings (SSSR count). The molecule has 0 aliphatic carbocycles. The van der Waals surface area contributed by atoms with Crippen molar-refractivity contribution in [1.82, 2.24) is 9.78 Å². The van der Waals surface area contributed by atoms with Crippen molar-refractivity contribution in [2.24, 2.45) is 7.05 Å². The maximum atomic E-state index is 5.72. The number of hydrogen-bond acceptors (Lipinski definition) is 2. The fourth-order valence-corrected chi connectivity index (χ4v) is 1.74. The Balaban J connectivity index is 1.81. The number of ether oxygens (including phenoxy) is 1. The van der Waals surface area contributed by atoms with Crippen molar-refractivity contribution in [3.8, 4) is 5.75 Å². The van der Waals surface area contributed by atoms with Gasteiger partial charge in [-0.05, 0) is 23.3 Å². The van der Waals surface area contributed by atoms with Crippen LogP contribution in [0.3, 0.4) is 0 Å². The summed E-state index contributed by atoms with van der Waals surface area (Å²) in [4.78, 5) is 0. The van der Waals surface area contributed by atoms with Gasteiger partial charge in [0.2, 0.25) is 0 Å². The summed E-state index contributed by atoms with van der Waals surface area (Å²) in [5.41, 5.74) is 2.29. The van der Waals surface area contributed by atoms with Crippen LogP contribution in [0.2, 0.25) is 0 Å². The molecule has 17 heavy (non-hydrogen) atoms. The van der Waals surface area contributed by atoms with Gasteiger partial charge in [-0.3, -0.25) is 4.68 Å². The van der Waals surface area contributed by atoms with Gasteiger partial charge in [-0.15, -0.1) is 11.6 Å². The molecule has 1 aromatic heterocycles. The Hall–Kier alpha value is -1.48. The summed E-state index contributed by atoms with van der Waals surface area (Å²) < 4.78 is 7.43. The molecule has 4 heteroatoms. The zero-order chi connectivity index (χ0) is 12.1. The molecular formula is C13H15ClN2O. The van der Waals surface area contributed by atoms with Crippen LogP contribution in [-0.2, 0) is 19.3 Å². The Labute approximate surface area is 106 Å². The quantitative estimate of drug-likeness (QED) is 0.763. The molecular weight excluding hydrogens is 236 g/mol. The normalized spacial score (nSPS) is 10.5. The smallest absolute Gasteiger partial charge is 0.119 e. The second-order valence-corrected chi connectivity index (χ2v) is 4.17. The van der Waals surface area contributed by atoms with Crippen LogP contribution < -0.4 is 4.74 Å². The molecule has 1 heterocycles. The third kappa shape index (κ3) is 3.49. The minimum Gasteiger partial charge on any atom is -0.493 e. The molecule has 0 N–H and O–H groups in total. The first-order valence-corrected chi connectivity index (χ1v) is 6.06. The number of aromatic nitrogens is 2. The molecule has 0 atom stereocenters. The highest BCUT2D eigenvalue weighted by Gasteiger charge is 1.98. The lowest BCUT2D eigenvalue weighted by Crippen LogP contribution is -2.00. The summed E-state index contributed by atoms with van der Waals surface area (Å²) >= 11 is 5.72. The fraction of sp³-hybridized carbons (Fsp3) is 0.308. The van der Waals surface area contributed by atoms with Crippen LogP contribution in [0.1, 0.15) is 11.1 Å². The minimum atomic E-state index is 0.538. The van der Waals surface area contributed by atoms with Crippen molar-refractivity contribution in [1.29, 1.82) is 0 Å². The maximum absolute atomic E-state index is 5.72. The molecule has 0 saturated carbocycles. The molecule has 3 nitrogen and oxygen atoms in total. The van der Waals surface area contributed by atoms with Crippen LogP contribution in [0.5, 0.6) is 5.75 Å². The van der Waals surface area contributed by atoms with Crippen molar-refractivity contribution >= 4 is 11.6 Å². The van der Waals surface area contributed by atoms with Crippen molar-refractivity contribution in [2.75, 3.05) is 6.61 Å². The van der Waals surface area contributed by atoms with Crippen molar-refractivity contribution in [3.05, 3.63) is 47.8 Å². The summed E-state index contributed by atoms with van der Waals surface area (Å²) in [6, 6.07) is 7.85. The van der Waals surface area contributed by atoms with Gasteiger partial charge in [0.1, 0.15) is 5.75 Å². The van der Waals surface area contributed by atoms with Gasteiger partial charge in [0, 0.05) is 25.5 Å². The molecule has 0 fully saturated rings. The van der Waals surface area contributed by atoms with Gasteiger partial charge in [0.25, 0.3) is 0 Å². The monoisotopic (exact) mass is 250 g/mol. The lowest BCUT2D eigenvalue weighted by Gasteiger charge is -2.05. The molecule has 0 radical (unpaired) electrons. The van der Waals surface area contributed by atoms with E-state index in [1.165, 1.54) is 5.56 Å². The number of alkyl halides is 1. The van der Waals surface area contributed by atoms with E-state index in [0.717, 1.165) is 17.7 Å². The number of aryl methyl sites for hydroxylation is 1. The largest absolute Gasteiger partial charge is 0.493 e. The van der Waals surface area contributed by atoms with Gasteiger partial charge in [0.05, 0.1) is 12.8 Å². The van der Waals surface area contributed by atoms with E-state index < -0.39 is 0 Å². The number of halogens is 1. The van der Waals surface area contributed by atoms with E-state index >= 15 is 0 Å². The summed E-state index contributed by atoms with van der Waals surface area (Å²) in [6.07, 6.45) is 4.73. The van der Waals surface area contributed by atoms with Crippen molar-refractivity contribution in [3.63, 3.8) is 0 Å². The molecule has 1 aromatic carbocycles. The van der Waals surface area contributed by atoms with E-state index in [-0.39, 0.29) is 0 Å². The predicted octanol–water partition coefficient (Wildman–Crippen LogP) is 2.78. The molecule has 0 amide bonds. The van der Waals surface area contributed by atoms with Crippen LogP contribution in [0.25, 0.3) is 0 Å². The minimum absolute atomic E-state index is 0.538. The van der Waals surface area contributed by atoms with Crippen molar-refractivity contribution in [2.45, 2.75) is 12.3 Å². The summed E-state index contributed by atoms with van der Waals surface area (Å²) in [5, 5.41) is 4.11. The zero-order valence-corrected chi connectivity index (χ0v) is 10.5. The molecule has 0 bridgehead atoms. The maximum Gasteiger partial charge on any atom is 0.119 e. The summed E-state index contributed by atoms with van der Waals surface area (Å²) in [6.45, 7) is 0.659. The zero-order valence-electron chi connectivity index (χ0n) is 9.77.